The van der Waals surface area contributed by atoms with Gasteiger partial charge < -0.3 is 9.42 Å². The number of hydrogen-bond donors (Lipinski definition) is 0. The molecule has 2 aromatic heterocycles. The van der Waals surface area contributed by atoms with Gasteiger partial charge in [-0.1, -0.05) is 19.0 Å². The molecule has 0 spiro atoms. The van der Waals surface area contributed by atoms with Crippen molar-refractivity contribution >= 4 is 5.91 Å². The fraction of sp³-hybridized carbons (Fsp3) is 0.714. The Labute approximate surface area is 134 Å². The van der Waals surface area contributed by atoms with Crippen LogP contribution >= 0.6 is 0 Å². The minimum absolute atomic E-state index is 0.00339. The smallest absolute Gasteiger partial charge is 0.244 e. The van der Waals surface area contributed by atoms with Gasteiger partial charge in [-0.05, 0) is 29.7 Å². The first-order chi connectivity index (χ1) is 11.2. The zero-order chi connectivity index (χ0) is 16.2. The van der Waals surface area contributed by atoms with Gasteiger partial charge in [-0.3, -0.25) is 4.79 Å². The number of likely N-dealkylation sites (tertiary alicyclic amines) is 1. The minimum atomic E-state index is 0.00339. The molecule has 0 radical (unpaired) electrons. The van der Waals surface area contributed by atoms with Gasteiger partial charge in [-0.2, -0.15) is 4.98 Å². The molecule has 3 rings (SSSR count). The van der Waals surface area contributed by atoms with Gasteiger partial charge in [0.05, 0.1) is 5.92 Å². The summed E-state index contributed by atoms with van der Waals surface area (Å²) in [6.07, 6.45) is 4.29. The number of carbonyl (C=O) groups excluding carboxylic acids is 1. The Morgan fingerprint density at radius 1 is 1.52 bits per heavy atom. The normalized spacial score (nSPS) is 19.7. The number of amides is 1. The Bertz CT molecular complexity index is 639. The van der Waals surface area contributed by atoms with Gasteiger partial charge in [0.15, 0.2) is 5.82 Å². The average Bonchev–Trinajstić information content (AvgIpc) is 3.26. The molecular formula is C14H21N7O2. The third kappa shape index (κ3) is 3.54. The van der Waals surface area contributed by atoms with Crippen molar-refractivity contribution < 1.29 is 9.32 Å². The van der Waals surface area contributed by atoms with Gasteiger partial charge in [0.25, 0.3) is 0 Å². The SMILES string of the molecule is CC[C@@H](C)c1noc([C@H]2CCCN(C(=O)Cn3cnnn3)C2)n1. The maximum atomic E-state index is 12.3. The topological polar surface area (TPSA) is 103 Å². The molecule has 9 heteroatoms. The largest absolute Gasteiger partial charge is 0.340 e. The lowest BCUT2D eigenvalue weighted by atomic mass is 9.98. The fourth-order valence-corrected chi connectivity index (χ4v) is 2.69. The van der Waals surface area contributed by atoms with Crippen LogP contribution in [0.15, 0.2) is 10.9 Å². The van der Waals surface area contributed by atoms with Gasteiger partial charge in [0.1, 0.15) is 12.9 Å². The van der Waals surface area contributed by atoms with Crippen LogP contribution in [0, 0.1) is 0 Å². The van der Waals surface area contributed by atoms with Crippen LogP contribution < -0.4 is 0 Å². The molecule has 23 heavy (non-hydrogen) atoms. The Morgan fingerprint density at radius 2 is 2.39 bits per heavy atom. The predicted molar refractivity (Wildman–Crippen MR) is 79.4 cm³/mol. The average molecular weight is 319 g/mol. The Hall–Kier alpha value is -2.32. The van der Waals surface area contributed by atoms with E-state index in [0.717, 1.165) is 31.6 Å². The van der Waals surface area contributed by atoms with Crippen LogP contribution in [0.3, 0.4) is 0 Å². The summed E-state index contributed by atoms with van der Waals surface area (Å²) >= 11 is 0. The summed E-state index contributed by atoms with van der Waals surface area (Å²) in [6.45, 7) is 5.67. The highest BCUT2D eigenvalue weighted by atomic mass is 16.5. The molecule has 1 aliphatic heterocycles. The number of piperidine rings is 1. The summed E-state index contributed by atoms with van der Waals surface area (Å²) in [6, 6.07) is 0. The second-order valence-corrected chi connectivity index (χ2v) is 5.99. The minimum Gasteiger partial charge on any atom is -0.340 e. The van der Waals surface area contributed by atoms with E-state index in [1.807, 2.05) is 4.90 Å². The van der Waals surface area contributed by atoms with E-state index in [0.29, 0.717) is 12.4 Å². The first kappa shape index (κ1) is 15.6. The lowest BCUT2D eigenvalue weighted by Gasteiger charge is -2.30. The van der Waals surface area contributed by atoms with Crippen LogP contribution in [0.2, 0.25) is 0 Å². The van der Waals surface area contributed by atoms with Crippen molar-refractivity contribution in [1.82, 2.24) is 35.2 Å². The molecule has 124 valence electrons. The highest BCUT2D eigenvalue weighted by Crippen LogP contribution is 2.27. The molecule has 0 bridgehead atoms. The van der Waals surface area contributed by atoms with Gasteiger partial charge in [-0.15, -0.1) is 5.10 Å². The molecule has 2 atom stereocenters. The molecule has 2 aromatic rings. The number of nitrogens with zero attached hydrogens (tertiary/aromatic N) is 7. The second-order valence-electron chi connectivity index (χ2n) is 5.99. The van der Waals surface area contributed by atoms with Gasteiger partial charge in [0, 0.05) is 19.0 Å². The van der Waals surface area contributed by atoms with Crippen LogP contribution in [0.5, 0.6) is 0 Å². The van der Waals surface area contributed by atoms with Crippen molar-refractivity contribution in [2.24, 2.45) is 0 Å². The molecular weight excluding hydrogens is 298 g/mol. The second kappa shape index (κ2) is 6.84. The van der Waals surface area contributed by atoms with E-state index in [-0.39, 0.29) is 24.3 Å². The molecule has 0 saturated carbocycles. The number of tetrazole rings is 1. The Balaban J connectivity index is 1.63. The van der Waals surface area contributed by atoms with Crippen molar-refractivity contribution in [3.05, 3.63) is 18.0 Å². The lowest BCUT2D eigenvalue weighted by molar-refractivity contribution is -0.133. The fourth-order valence-electron chi connectivity index (χ4n) is 2.69. The van der Waals surface area contributed by atoms with Crippen LogP contribution in [-0.2, 0) is 11.3 Å². The van der Waals surface area contributed by atoms with E-state index >= 15 is 0 Å². The zero-order valence-corrected chi connectivity index (χ0v) is 13.4. The molecule has 0 unspecified atom stereocenters. The molecule has 1 fully saturated rings. The Kier molecular flexibility index (Phi) is 4.63. The predicted octanol–water partition coefficient (Wildman–Crippen LogP) is 0.976. The quantitative estimate of drug-likeness (QED) is 0.809. The van der Waals surface area contributed by atoms with Crippen molar-refractivity contribution in [3.8, 4) is 0 Å². The third-order valence-electron chi connectivity index (χ3n) is 4.32. The van der Waals surface area contributed by atoms with E-state index in [4.69, 9.17) is 4.52 Å². The molecule has 0 aromatic carbocycles. The lowest BCUT2D eigenvalue weighted by Crippen LogP contribution is -2.41. The molecule has 0 aliphatic carbocycles. The summed E-state index contributed by atoms with van der Waals surface area (Å²) in [4.78, 5) is 18.7. The van der Waals surface area contributed by atoms with E-state index in [1.54, 1.807) is 0 Å². The van der Waals surface area contributed by atoms with Crippen LogP contribution in [-0.4, -0.2) is 54.2 Å². The van der Waals surface area contributed by atoms with Crippen molar-refractivity contribution in [2.45, 2.75) is 51.5 Å². The summed E-state index contributed by atoms with van der Waals surface area (Å²) in [5, 5.41) is 14.9. The molecule has 1 amide bonds. The maximum absolute atomic E-state index is 12.3. The number of aromatic nitrogens is 6. The van der Waals surface area contributed by atoms with E-state index in [2.05, 4.69) is 39.5 Å². The molecule has 3 heterocycles. The van der Waals surface area contributed by atoms with Crippen molar-refractivity contribution in [3.63, 3.8) is 0 Å². The van der Waals surface area contributed by atoms with E-state index in [9.17, 15) is 4.79 Å². The molecule has 1 saturated heterocycles. The zero-order valence-electron chi connectivity index (χ0n) is 13.4. The monoisotopic (exact) mass is 319 g/mol. The van der Waals surface area contributed by atoms with E-state index in [1.165, 1.54) is 11.0 Å². The third-order valence-corrected chi connectivity index (χ3v) is 4.32. The summed E-state index contributed by atoms with van der Waals surface area (Å²) in [5.74, 6) is 1.78. The molecule has 1 aliphatic rings. The van der Waals surface area contributed by atoms with Crippen LogP contribution in [0.4, 0.5) is 0 Å². The highest BCUT2D eigenvalue weighted by Gasteiger charge is 2.29. The van der Waals surface area contributed by atoms with Crippen molar-refractivity contribution in [1.29, 1.82) is 0 Å². The van der Waals surface area contributed by atoms with Crippen LogP contribution in [0.1, 0.15) is 56.7 Å². The summed E-state index contributed by atoms with van der Waals surface area (Å²) < 4.78 is 6.85. The first-order valence-electron chi connectivity index (χ1n) is 7.99. The Morgan fingerprint density at radius 3 is 3.13 bits per heavy atom. The van der Waals surface area contributed by atoms with Crippen LogP contribution in [0.25, 0.3) is 0 Å². The number of carbonyl (C=O) groups is 1. The maximum Gasteiger partial charge on any atom is 0.244 e. The molecule has 0 N–H and O–H groups in total. The number of rotatable bonds is 5. The number of hydrogen-bond acceptors (Lipinski definition) is 7. The summed E-state index contributed by atoms with van der Waals surface area (Å²) in [5.41, 5.74) is 0. The van der Waals surface area contributed by atoms with Gasteiger partial charge in [0.2, 0.25) is 11.8 Å². The first-order valence-corrected chi connectivity index (χ1v) is 7.99. The summed E-state index contributed by atoms with van der Waals surface area (Å²) in [7, 11) is 0. The van der Waals surface area contributed by atoms with E-state index < -0.39 is 0 Å². The molecule has 9 nitrogen and oxygen atoms in total. The van der Waals surface area contributed by atoms with Crippen molar-refractivity contribution in [2.75, 3.05) is 13.1 Å². The van der Waals surface area contributed by atoms with Gasteiger partial charge >= 0.3 is 0 Å². The highest BCUT2D eigenvalue weighted by molar-refractivity contribution is 5.76. The van der Waals surface area contributed by atoms with Gasteiger partial charge in [-0.25, -0.2) is 4.68 Å². The standard InChI is InChI=1S/C14H21N7O2/c1-3-10(2)13-16-14(23-17-13)11-5-4-6-20(7-11)12(22)8-21-9-15-18-19-21/h9-11H,3-8H2,1-2H3/t10-,11+/m1/s1.